The fourth-order valence-electron chi connectivity index (χ4n) is 3.24. The molecule has 2 heteroatoms. The van der Waals surface area contributed by atoms with Crippen LogP contribution in [0.1, 0.15) is 51.6 Å². The summed E-state index contributed by atoms with van der Waals surface area (Å²) in [4.78, 5) is 4.13. The van der Waals surface area contributed by atoms with Gasteiger partial charge in [0.15, 0.2) is 0 Å². The quantitative estimate of drug-likeness (QED) is 0.874. The Labute approximate surface area is 111 Å². The summed E-state index contributed by atoms with van der Waals surface area (Å²) in [5.74, 6) is 2.52. The Bertz CT molecular complexity index is 349. The molecule has 0 bridgehead atoms. The minimum Gasteiger partial charge on any atom is -0.310 e. The Morgan fingerprint density at radius 3 is 2.56 bits per heavy atom. The van der Waals surface area contributed by atoms with Crippen molar-refractivity contribution in [1.82, 2.24) is 10.3 Å². The maximum Gasteiger partial charge on any atom is 0.0349 e. The van der Waals surface area contributed by atoms with Crippen LogP contribution in [-0.2, 0) is 0 Å². The molecule has 4 unspecified atom stereocenters. The number of aromatic nitrogens is 1. The van der Waals surface area contributed by atoms with E-state index < -0.39 is 0 Å². The van der Waals surface area contributed by atoms with Crippen LogP contribution in [0.5, 0.6) is 0 Å². The highest BCUT2D eigenvalue weighted by Crippen LogP contribution is 2.39. The summed E-state index contributed by atoms with van der Waals surface area (Å²) in [5, 5.41) is 3.68. The molecule has 0 aliphatic heterocycles. The minimum atomic E-state index is 0.507. The van der Waals surface area contributed by atoms with Crippen molar-refractivity contribution in [3.63, 3.8) is 0 Å². The van der Waals surface area contributed by atoms with E-state index in [1.165, 1.54) is 24.8 Å². The maximum atomic E-state index is 4.13. The molecule has 0 amide bonds. The van der Waals surface area contributed by atoms with Gasteiger partial charge >= 0.3 is 0 Å². The van der Waals surface area contributed by atoms with Crippen molar-refractivity contribution in [2.45, 2.75) is 46.1 Å². The van der Waals surface area contributed by atoms with Crippen molar-refractivity contribution < 1.29 is 0 Å². The molecule has 2 rings (SSSR count). The van der Waals surface area contributed by atoms with Crippen LogP contribution in [0.15, 0.2) is 24.5 Å². The van der Waals surface area contributed by atoms with E-state index in [9.17, 15) is 0 Å². The van der Waals surface area contributed by atoms with E-state index in [2.05, 4.69) is 43.2 Å². The molecule has 4 atom stereocenters. The van der Waals surface area contributed by atoms with Crippen LogP contribution < -0.4 is 5.32 Å². The third-order valence-electron chi connectivity index (χ3n) is 4.60. The molecular formula is C16H26N2. The molecule has 1 heterocycles. The molecule has 18 heavy (non-hydrogen) atoms. The van der Waals surface area contributed by atoms with Crippen molar-refractivity contribution in [2.75, 3.05) is 6.54 Å². The van der Waals surface area contributed by atoms with Crippen molar-refractivity contribution in [1.29, 1.82) is 0 Å². The Morgan fingerprint density at radius 1 is 1.22 bits per heavy atom. The van der Waals surface area contributed by atoms with Gasteiger partial charge in [-0.3, -0.25) is 4.98 Å². The largest absolute Gasteiger partial charge is 0.310 e. The van der Waals surface area contributed by atoms with Gasteiger partial charge in [0.2, 0.25) is 0 Å². The Kier molecular flexibility index (Phi) is 4.76. The highest BCUT2D eigenvalue weighted by atomic mass is 14.9. The molecule has 100 valence electrons. The molecule has 1 saturated carbocycles. The van der Waals surface area contributed by atoms with Gasteiger partial charge in [-0.15, -0.1) is 0 Å². The maximum absolute atomic E-state index is 4.13. The number of nitrogens with zero attached hydrogens (tertiary/aromatic N) is 1. The average molecular weight is 246 g/mol. The first-order valence-corrected chi connectivity index (χ1v) is 7.35. The monoisotopic (exact) mass is 246 g/mol. The predicted octanol–water partition coefficient (Wildman–Crippen LogP) is 3.80. The van der Waals surface area contributed by atoms with Gasteiger partial charge < -0.3 is 5.32 Å². The lowest BCUT2D eigenvalue weighted by atomic mass is 9.72. The molecule has 1 aliphatic rings. The van der Waals surface area contributed by atoms with Gasteiger partial charge in [0, 0.05) is 18.4 Å². The lowest BCUT2D eigenvalue weighted by Gasteiger charge is -2.37. The zero-order chi connectivity index (χ0) is 13.0. The van der Waals surface area contributed by atoms with Gasteiger partial charge in [0.1, 0.15) is 0 Å². The fourth-order valence-corrected chi connectivity index (χ4v) is 3.24. The third-order valence-corrected chi connectivity index (χ3v) is 4.60. The summed E-state index contributed by atoms with van der Waals surface area (Å²) in [6.07, 6.45) is 7.90. The van der Waals surface area contributed by atoms with Crippen molar-refractivity contribution in [3.05, 3.63) is 30.1 Å². The summed E-state index contributed by atoms with van der Waals surface area (Å²) in [7, 11) is 0. The Hall–Kier alpha value is -0.890. The smallest absolute Gasteiger partial charge is 0.0349 e. The Morgan fingerprint density at radius 2 is 1.94 bits per heavy atom. The fraction of sp³-hybridized carbons (Fsp3) is 0.688. The summed E-state index contributed by atoms with van der Waals surface area (Å²) >= 11 is 0. The van der Waals surface area contributed by atoms with Gasteiger partial charge in [-0.2, -0.15) is 0 Å². The molecule has 1 aliphatic carbocycles. The second-order valence-electron chi connectivity index (χ2n) is 5.84. The van der Waals surface area contributed by atoms with Crippen LogP contribution in [0.4, 0.5) is 0 Å². The third kappa shape index (κ3) is 3.11. The molecule has 1 fully saturated rings. The van der Waals surface area contributed by atoms with Crippen LogP contribution >= 0.6 is 0 Å². The first kappa shape index (κ1) is 13.5. The second-order valence-corrected chi connectivity index (χ2v) is 5.84. The molecule has 0 spiro atoms. The normalized spacial score (nSPS) is 30.1. The van der Waals surface area contributed by atoms with Gasteiger partial charge in [-0.05, 0) is 54.8 Å². The topological polar surface area (TPSA) is 24.9 Å². The molecular weight excluding hydrogens is 220 g/mol. The summed E-state index contributed by atoms with van der Waals surface area (Å²) in [5.41, 5.74) is 1.40. The number of nitrogens with one attached hydrogen (secondary N) is 1. The highest BCUT2D eigenvalue weighted by molar-refractivity contribution is 5.16. The van der Waals surface area contributed by atoms with Gasteiger partial charge in [0.05, 0.1) is 0 Å². The number of pyridine rings is 1. The lowest BCUT2D eigenvalue weighted by Crippen LogP contribution is -2.33. The van der Waals surface area contributed by atoms with E-state index in [4.69, 9.17) is 0 Å². The molecule has 0 aromatic carbocycles. The van der Waals surface area contributed by atoms with E-state index in [1.807, 2.05) is 12.4 Å². The highest BCUT2D eigenvalue weighted by Gasteiger charge is 2.30. The van der Waals surface area contributed by atoms with Gasteiger partial charge in [0.25, 0.3) is 0 Å². The number of rotatable bonds is 4. The Balaban J connectivity index is 2.11. The van der Waals surface area contributed by atoms with E-state index >= 15 is 0 Å². The van der Waals surface area contributed by atoms with E-state index in [0.717, 1.165) is 24.3 Å². The van der Waals surface area contributed by atoms with Gasteiger partial charge in [-0.1, -0.05) is 27.2 Å². The van der Waals surface area contributed by atoms with Gasteiger partial charge in [-0.25, -0.2) is 0 Å². The van der Waals surface area contributed by atoms with Crippen LogP contribution in [0.25, 0.3) is 0 Å². The van der Waals surface area contributed by atoms with Crippen molar-refractivity contribution >= 4 is 0 Å². The standard InChI is InChI=1S/C16H26N2/c1-4-18-16(14-7-9-17-10-8-14)15-6-5-12(2)13(3)11-15/h7-10,12-13,15-16,18H,4-6,11H2,1-3H3. The van der Waals surface area contributed by atoms with E-state index in [0.29, 0.717) is 6.04 Å². The molecule has 0 saturated heterocycles. The van der Waals surface area contributed by atoms with Crippen molar-refractivity contribution in [3.8, 4) is 0 Å². The van der Waals surface area contributed by atoms with Crippen molar-refractivity contribution in [2.24, 2.45) is 17.8 Å². The van der Waals surface area contributed by atoms with Crippen LogP contribution in [0, 0.1) is 17.8 Å². The van der Waals surface area contributed by atoms with E-state index in [-0.39, 0.29) is 0 Å². The first-order valence-electron chi connectivity index (χ1n) is 7.35. The van der Waals surface area contributed by atoms with Crippen LogP contribution in [0.2, 0.25) is 0 Å². The second kappa shape index (κ2) is 6.33. The minimum absolute atomic E-state index is 0.507. The summed E-state index contributed by atoms with van der Waals surface area (Å²) in [6.45, 7) is 8.04. The molecule has 1 N–H and O–H groups in total. The number of hydrogen-bond donors (Lipinski definition) is 1. The molecule has 2 nitrogen and oxygen atoms in total. The SMILES string of the molecule is CCNC(c1ccncc1)C1CCC(C)C(C)C1. The molecule has 0 radical (unpaired) electrons. The summed E-state index contributed by atoms with van der Waals surface area (Å²) < 4.78 is 0. The average Bonchev–Trinajstić information content (AvgIpc) is 2.40. The zero-order valence-electron chi connectivity index (χ0n) is 11.9. The van der Waals surface area contributed by atoms with Crippen LogP contribution in [0.3, 0.4) is 0 Å². The summed E-state index contributed by atoms with van der Waals surface area (Å²) in [6, 6.07) is 4.83. The first-order chi connectivity index (χ1) is 8.72. The molecule has 1 aromatic rings. The lowest BCUT2D eigenvalue weighted by molar-refractivity contribution is 0.172. The van der Waals surface area contributed by atoms with E-state index in [1.54, 1.807) is 0 Å². The zero-order valence-corrected chi connectivity index (χ0v) is 11.9. The molecule has 1 aromatic heterocycles. The van der Waals surface area contributed by atoms with Crippen LogP contribution in [-0.4, -0.2) is 11.5 Å². The predicted molar refractivity (Wildman–Crippen MR) is 76.3 cm³/mol. The number of hydrogen-bond acceptors (Lipinski definition) is 2.